The highest BCUT2D eigenvalue weighted by molar-refractivity contribution is 4.89. The van der Waals surface area contributed by atoms with Gasteiger partial charge in [0.25, 0.3) is 0 Å². The van der Waals surface area contributed by atoms with Crippen LogP contribution in [0.1, 0.15) is 52.9 Å². The Bertz CT molecular complexity index is 196. The lowest BCUT2D eigenvalue weighted by molar-refractivity contribution is 0.167. The van der Waals surface area contributed by atoms with Gasteiger partial charge in [0.1, 0.15) is 0 Å². The fourth-order valence-electron chi connectivity index (χ4n) is 3.22. The average Bonchev–Trinajstić information content (AvgIpc) is 2.99. The van der Waals surface area contributed by atoms with Crippen LogP contribution in [0.15, 0.2) is 0 Å². The van der Waals surface area contributed by atoms with Gasteiger partial charge in [-0.15, -0.1) is 0 Å². The number of hydrogen-bond acceptors (Lipinski definition) is 1. The summed E-state index contributed by atoms with van der Waals surface area (Å²) in [6.45, 7) is 8.52. The molecule has 0 bridgehead atoms. The molecule has 1 nitrogen and oxygen atoms in total. The van der Waals surface area contributed by atoms with E-state index >= 15 is 0 Å². The maximum Gasteiger partial charge on any atom is 0.0123 e. The third kappa shape index (κ3) is 2.96. The minimum absolute atomic E-state index is 0.805. The molecular formula is C14H27N. The SMILES string of the molecule is CC(C)C(CC1CC1)C1NCCCC1C. The molecule has 2 fully saturated rings. The van der Waals surface area contributed by atoms with Gasteiger partial charge in [-0.05, 0) is 49.5 Å². The minimum Gasteiger partial charge on any atom is -0.313 e. The minimum atomic E-state index is 0.805. The summed E-state index contributed by atoms with van der Waals surface area (Å²) >= 11 is 0. The topological polar surface area (TPSA) is 12.0 Å². The molecule has 0 aromatic carbocycles. The summed E-state index contributed by atoms with van der Waals surface area (Å²) < 4.78 is 0. The van der Waals surface area contributed by atoms with E-state index in [0.29, 0.717) is 0 Å². The molecule has 2 rings (SSSR count). The van der Waals surface area contributed by atoms with E-state index in [2.05, 4.69) is 26.1 Å². The Morgan fingerprint density at radius 1 is 1.20 bits per heavy atom. The van der Waals surface area contributed by atoms with E-state index < -0.39 is 0 Å². The third-order valence-electron chi connectivity index (χ3n) is 4.45. The molecule has 1 saturated heterocycles. The Morgan fingerprint density at radius 3 is 2.47 bits per heavy atom. The molecule has 3 atom stereocenters. The van der Waals surface area contributed by atoms with Crippen molar-refractivity contribution in [3.63, 3.8) is 0 Å². The van der Waals surface area contributed by atoms with Crippen LogP contribution in [0.2, 0.25) is 0 Å². The van der Waals surface area contributed by atoms with Crippen molar-refractivity contribution in [1.82, 2.24) is 5.32 Å². The first kappa shape index (κ1) is 11.4. The normalized spacial score (nSPS) is 34.4. The summed E-state index contributed by atoms with van der Waals surface area (Å²) in [5.74, 6) is 3.75. The number of nitrogens with one attached hydrogen (secondary N) is 1. The zero-order chi connectivity index (χ0) is 10.8. The molecule has 3 unspecified atom stereocenters. The van der Waals surface area contributed by atoms with Crippen molar-refractivity contribution in [2.75, 3.05) is 6.54 Å². The van der Waals surface area contributed by atoms with Crippen LogP contribution < -0.4 is 5.32 Å². The number of piperidine rings is 1. The summed E-state index contributed by atoms with van der Waals surface area (Å²) in [4.78, 5) is 0. The second-order valence-corrected chi connectivity index (χ2v) is 6.19. The fourth-order valence-corrected chi connectivity index (χ4v) is 3.22. The average molecular weight is 209 g/mol. The van der Waals surface area contributed by atoms with Crippen molar-refractivity contribution in [1.29, 1.82) is 0 Å². The van der Waals surface area contributed by atoms with E-state index in [1.165, 1.54) is 38.6 Å². The highest BCUT2D eigenvalue weighted by atomic mass is 14.9. The fraction of sp³-hybridized carbons (Fsp3) is 1.00. The molecule has 1 N–H and O–H groups in total. The highest BCUT2D eigenvalue weighted by Crippen LogP contribution is 2.40. The summed E-state index contributed by atoms with van der Waals surface area (Å²) in [5.41, 5.74) is 0. The zero-order valence-electron chi connectivity index (χ0n) is 10.6. The van der Waals surface area contributed by atoms with Crippen LogP contribution >= 0.6 is 0 Å². The van der Waals surface area contributed by atoms with Gasteiger partial charge >= 0.3 is 0 Å². The lowest BCUT2D eigenvalue weighted by atomic mass is 9.76. The second-order valence-electron chi connectivity index (χ2n) is 6.19. The van der Waals surface area contributed by atoms with Crippen LogP contribution in [-0.2, 0) is 0 Å². The van der Waals surface area contributed by atoms with Crippen molar-refractivity contribution < 1.29 is 0 Å². The Kier molecular flexibility index (Phi) is 3.71. The smallest absolute Gasteiger partial charge is 0.0123 e. The molecule has 1 heteroatoms. The van der Waals surface area contributed by atoms with Gasteiger partial charge in [-0.25, -0.2) is 0 Å². The molecule has 15 heavy (non-hydrogen) atoms. The van der Waals surface area contributed by atoms with Gasteiger partial charge in [0, 0.05) is 6.04 Å². The van der Waals surface area contributed by atoms with E-state index in [9.17, 15) is 0 Å². The largest absolute Gasteiger partial charge is 0.313 e. The van der Waals surface area contributed by atoms with Crippen LogP contribution in [-0.4, -0.2) is 12.6 Å². The van der Waals surface area contributed by atoms with Gasteiger partial charge < -0.3 is 5.32 Å². The molecule has 0 spiro atoms. The number of rotatable bonds is 4. The molecule has 88 valence electrons. The molecule has 0 amide bonds. The Morgan fingerprint density at radius 2 is 1.93 bits per heavy atom. The maximum atomic E-state index is 3.78. The zero-order valence-corrected chi connectivity index (χ0v) is 10.6. The van der Waals surface area contributed by atoms with Crippen LogP contribution in [0.5, 0.6) is 0 Å². The lowest BCUT2D eigenvalue weighted by Crippen LogP contribution is -2.47. The monoisotopic (exact) mass is 209 g/mol. The molecule has 0 radical (unpaired) electrons. The van der Waals surface area contributed by atoms with E-state index in [0.717, 1.165) is 29.7 Å². The lowest BCUT2D eigenvalue weighted by Gasteiger charge is -2.38. The van der Waals surface area contributed by atoms with E-state index in [1.807, 2.05) is 0 Å². The molecule has 0 aromatic heterocycles. The van der Waals surface area contributed by atoms with Crippen molar-refractivity contribution in [3.05, 3.63) is 0 Å². The molecule has 1 heterocycles. The van der Waals surface area contributed by atoms with Crippen LogP contribution in [0.25, 0.3) is 0 Å². The van der Waals surface area contributed by atoms with Crippen molar-refractivity contribution in [3.8, 4) is 0 Å². The Labute approximate surface area is 95.0 Å². The van der Waals surface area contributed by atoms with Crippen LogP contribution in [0.4, 0.5) is 0 Å². The van der Waals surface area contributed by atoms with Gasteiger partial charge in [-0.2, -0.15) is 0 Å². The predicted molar refractivity (Wildman–Crippen MR) is 65.9 cm³/mol. The second kappa shape index (κ2) is 4.86. The van der Waals surface area contributed by atoms with Gasteiger partial charge in [0.2, 0.25) is 0 Å². The van der Waals surface area contributed by atoms with Gasteiger partial charge in [-0.3, -0.25) is 0 Å². The van der Waals surface area contributed by atoms with E-state index in [4.69, 9.17) is 0 Å². The summed E-state index contributed by atoms with van der Waals surface area (Å²) in [6.07, 6.45) is 7.31. The Balaban J connectivity index is 1.94. The van der Waals surface area contributed by atoms with E-state index in [1.54, 1.807) is 0 Å². The molecule has 2 aliphatic rings. The summed E-state index contributed by atoms with van der Waals surface area (Å²) in [6, 6.07) is 0.805. The van der Waals surface area contributed by atoms with Gasteiger partial charge in [-0.1, -0.05) is 33.6 Å². The maximum absolute atomic E-state index is 3.78. The molecule has 1 aliphatic heterocycles. The first-order valence-electron chi connectivity index (χ1n) is 6.92. The molecule has 1 aliphatic carbocycles. The summed E-state index contributed by atoms with van der Waals surface area (Å²) in [5, 5.41) is 3.78. The molecular weight excluding hydrogens is 182 g/mol. The van der Waals surface area contributed by atoms with Crippen molar-refractivity contribution in [2.24, 2.45) is 23.7 Å². The third-order valence-corrected chi connectivity index (χ3v) is 4.45. The van der Waals surface area contributed by atoms with Crippen LogP contribution in [0, 0.1) is 23.7 Å². The van der Waals surface area contributed by atoms with E-state index in [-0.39, 0.29) is 0 Å². The van der Waals surface area contributed by atoms with Crippen molar-refractivity contribution >= 4 is 0 Å². The quantitative estimate of drug-likeness (QED) is 0.748. The first-order valence-corrected chi connectivity index (χ1v) is 6.92. The first-order chi connectivity index (χ1) is 7.18. The molecule has 1 saturated carbocycles. The summed E-state index contributed by atoms with van der Waals surface area (Å²) in [7, 11) is 0. The Hall–Kier alpha value is -0.0400. The van der Waals surface area contributed by atoms with Gasteiger partial charge in [0.05, 0.1) is 0 Å². The molecule has 0 aromatic rings. The predicted octanol–water partition coefficient (Wildman–Crippen LogP) is 3.45. The van der Waals surface area contributed by atoms with Gasteiger partial charge in [0.15, 0.2) is 0 Å². The van der Waals surface area contributed by atoms with Crippen molar-refractivity contribution in [2.45, 2.75) is 58.9 Å². The number of hydrogen-bond donors (Lipinski definition) is 1. The van der Waals surface area contributed by atoms with Crippen LogP contribution in [0.3, 0.4) is 0 Å². The standard InChI is InChI=1S/C14H27N/c1-10(2)13(9-12-6-7-12)14-11(3)5-4-8-15-14/h10-15H,4-9H2,1-3H3. The highest BCUT2D eigenvalue weighted by Gasteiger charge is 2.35.